The van der Waals surface area contributed by atoms with Crippen molar-refractivity contribution in [3.63, 3.8) is 0 Å². The quantitative estimate of drug-likeness (QED) is 0.326. The fraction of sp³-hybridized carbons (Fsp3) is 0.294. The van der Waals surface area contributed by atoms with E-state index in [9.17, 15) is 4.79 Å². The minimum absolute atomic E-state index is 0.0241. The van der Waals surface area contributed by atoms with E-state index in [-0.39, 0.29) is 11.6 Å². The van der Waals surface area contributed by atoms with Gasteiger partial charge >= 0.3 is 0 Å². The van der Waals surface area contributed by atoms with E-state index in [0.29, 0.717) is 6.61 Å². The van der Waals surface area contributed by atoms with Crippen LogP contribution in [0.1, 0.15) is 60.0 Å². The number of thiazole rings is 1. The van der Waals surface area contributed by atoms with Gasteiger partial charge < -0.3 is 9.64 Å². The van der Waals surface area contributed by atoms with Gasteiger partial charge in [0.15, 0.2) is 4.80 Å². The van der Waals surface area contributed by atoms with E-state index in [2.05, 4.69) is 72.5 Å². The van der Waals surface area contributed by atoms with Gasteiger partial charge in [0.25, 0.3) is 5.56 Å². The highest BCUT2D eigenvalue weighted by Crippen LogP contribution is 2.41. The molecule has 1 aliphatic carbocycles. The van der Waals surface area contributed by atoms with Crippen LogP contribution in [0.5, 0.6) is 5.75 Å². The van der Waals surface area contributed by atoms with E-state index in [1.54, 1.807) is 0 Å². The van der Waals surface area contributed by atoms with Crippen LogP contribution in [0.4, 0.5) is 5.69 Å². The molecule has 202 valence electrons. The summed E-state index contributed by atoms with van der Waals surface area (Å²) in [6, 6.07) is 23.2. The highest BCUT2D eigenvalue weighted by molar-refractivity contribution is 7.07. The van der Waals surface area contributed by atoms with Crippen molar-refractivity contribution in [1.82, 2.24) is 4.57 Å². The molecule has 3 aliphatic rings. The maximum atomic E-state index is 14.1. The summed E-state index contributed by atoms with van der Waals surface area (Å²) in [5.74, 6) is 0.842. The Kier molecular flexibility index (Phi) is 6.43. The molecule has 0 N–H and O–H groups in total. The molecular formula is C34H33N3O2S. The second-order valence-corrected chi connectivity index (χ2v) is 11.9. The van der Waals surface area contributed by atoms with Crippen molar-refractivity contribution in [1.29, 1.82) is 0 Å². The summed E-state index contributed by atoms with van der Waals surface area (Å²) in [5.41, 5.74) is 9.41. The number of ether oxygens (including phenoxy) is 1. The Morgan fingerprint density at radius 1 is 1.02 bits per heavy atom. The Labute approximate surface area is 238 Å². The number of rotatable bonds is 5. The van der Waals surface area contributed by atoms with Crippen LogP contribution >= 0.6 is 11.3 Å². The molecule has 4 aromatic rings. The van der Waals surface area contributed by atoms with Gasteiger partial charge in [-0.15, -0.1) is 0 Å². The van der Waals surface area contributed by atoms with Gasteiger partial charge in [0, 0.05) is 24.3 Å². The van der Waals surface area contributed by atoms with Gasteiger partial charge in [-0.3, -0.25) is 9.36 Å². The van der Waals surface area contributed by atoms with Crippen LogP contribution in [0.25, 0.3) is 11.8 Å². The number of nitrogens with zero attached hydrogens (tertiary/aromatic N) is 3. The smallest absolute Gasteiger partial charge is 0.271 e. The molecule has 0 spiro atoms. The maximum absolute atomic E-state index is 14.1. The Morgan fingerprint density at radius 2 is 1.82 bits per heavy atom. The number of allylic oxidation sites excluding steroid dienone is 1. The molecule has 1 saturated heterocycles. The average molecular weight is 548 g/mol. The third-order valence-corrected chi connectivity index (χ3v) is 9.37. The van der Waals surface area contributed by atoms with E-state index in [0.717, 1.165) is 57.8 Å². The van der Waals surface area contributed by atoms with Gasteiger partial charge in [0.1, 0.15) is 5.75 Å². The number of fused-ring (bicyclic) bond motifs is 3. The first kappa shape index (κ1) is 25.1. The molecule has 6 heteroatoms. The SMILES string of the molecule is CCOc1ccc([C@@H]2C3=C(N=c4s/c(=C/c5ccc(N6CCCC6)cc5C)c(=O)n42)c2ccccc2CC3)cc1. The fourth-order valence-electron chi connectivity index (χ4n) is 6.37. The Hall–Kier alpha value is -3.90. The van der Waals surface area contributed by atoms with E-state index in [4.69, 9.17) is 9.73 Å². The first-order valence-corrected chi connectivity index (χ1v) is 15.1. The third-order valence-electron chi connectivity index (χ3n) is 8.39. The monoisotopic (exact) mass is 547 g/mol. The molecule has 3 aromatic carbocycles. The van der Waals surface area contributed by atoms with Crippen molar-refractivity contribution in [2.75, 3.05) is 24.6 Å². The molecule has 2 aliphatic heterocycles. The van der Waals surface area contributed by atoms with Crippen LogP contribution in [0.2, 0.25) is 0 Å². The summed E-state index contributed by atoms with van der Waals surface area (Å²) in [6.07, 6.45) is 6.40. The minimum atomic E-state index is -0.184. The van der Waals surface area contributed by atoms with Crippen molar-refractivity contribution in [2.24, 2.45) is 4.99 Å². The summed E-state index contributed by atoms with van der Waals surface area (Å²) >= 11 is 1.49. The topological polar surface area (TPSA) is 46.8 Å². The van der Waals surface area contributed by atoms with E-state index in [1.807, 2.05) is 23.6 Å². The Bertz CT molecular complexity index is 1810. The highest BCUT2D eigenvalue weighted by Gasteiger charge is 2.32. The summed E-state index contributed by atoms with van der Waals surface area (Å²) < 4.78 is 8.36. The summed E-state index contributed by atoms with van der Waals surface area (Å²) in [7, 11) is 0. The highest BCUT2D eigenvalue weighted by atomic mass is 32.1. The van der Waals surface area contributed by atoms with Crippen LogP contribution in [0.15, 0.2) is 82.1 Å². The molecule has 0 radical (unpaired) electrons. The molecule has 0 bridgehead atoms. The minimum Gasteiger partial charge on any atom is -0.494 e. The number of anilines is 1. The molecule has 1 fully saturated rings. The third kappa shape index (κ3) is 4.31. The zero-order chi connectivity index (χ0) is 27.2. The van der Waals surface area contributed by atoms with Gasteiger partial charge in [0.05, 0.1) is 22.9 Å². The second kappa shape index (κ2) is 10.3. The van der Waals surface area contributed by atoms with Crippen LogP contribution in [-0.2, 0) is 6.42 Å². The van der Waals surface area contributed by atoms with Crippen molar-refractivity contribution in [3.8, 4) is 5.75 Å². The van der Waals surface area contributed by atoms with Gasteiger partial charge in [0.2, 0.25) is 0 Å². The zero-order valence-electron chi connectivity index (χ0n) is 23.0. The number of aromatic nitrogens is 1. The van der Waals surface area contributed by atoms with Crippen molar-refractivity contribution in [3.05, 3.63) is 120 Å². The van der Waals surface area contributed by atoms with Crippen LogP contribution in [0.3, 0.4) is 0 Å². The largest absolute Gasteiger partial charge is 0.494 e. The number of hydrogen-bond donors (Lipinski definition) is 0. The molecule has 5 nitrogen and oxygen atoms in total. The Morgan fingerprint density at radius 3 is 2.60 bits per heavy atom. The molecule has 0 saturated carbocycles. The van der Waals surface area contributed by atoms with Crippen LogP contribution in [0, 0.1) is 6.92 Å². The first-order valence-electron chi connectivity index (χ1n) is 14.3. The first-order chi connectivity index (χ1) is 19.6. The van der Waals surface area contributed by atoms with Crippen LogP contribution in [-0.4, -0.2) is 24.3 Å². The van der Waals surface area contributed by atoms with Crippen molar-refractivity contribution < 1.29 is 4.74 Å². The summed E-state index contributed by atoms with van der Waals surface area (Å²) in [6.45, 7) is 7.00. The lowest BCUT2D eigenvalue weighted by atomic mass is 9.83. The van der Waals surface area contributed by atoms with E-state index in [1.165, 1.54) is 52.1 Å². The summed E-state index contributed by atoms with van der Waals surface area (Å²) in [4.78, 5) is 22.5. The molecule has 7 rings (SSSR count). The molecule has 0 amide bonds. The summed E-state index contributed by atoms with van der Waals surface area (Å²) in [5, 5.41) is 0. The van der Waals surface area contributed by atoms with E-state index < -0.39 is 0 Å². The molecule has 1 aromatic heterocycles. The molecular weight excluding hydrogens is 514 g/mol. The van der Waals surface area contributed by atoms with Gasteiger partial charge in [-0.2, -0.15) is 0 Å². The van der Waals surface area contributed by atoms with Gasteiger partial charge in [-0.25, -0.2) is 4.99 Å². The van der Waals surface area contributed by atoms with Crippen LogP contribution < -0.4 is 24.5 Å². The molecule has 1 atom stereocenters. The van der Waals surface area contributed by atoms with Crippen molar-refractivity contribution in [2.45, 2.75) is 45.6 Å². The van der Waals surface area contributed by atoms with Gasteiger partial charge in [-0.1, -0.05) is 53.8 Å². The lowest BCUT2D eigenvalue weighted by molar-refractivity contribution is 0.340. The lowest BCUT2D eigenvalue weighted by Gasteiger charge is -2.30. The fourth-order valence-corrected chi connectivity index (χ4v) is 7.36. The molecule has 0 unspecified atom stereocenters. The van der Waals surface area contributed by atoms with Gasteiger partial charge in [-0.05, 0) is 97.7 Å². The number of benzene rings is 3. The predicted molar refractivity (Wildman–Crippen MR) is 163 cm³/mol. The lowest BCUT2D eigenvalue weighted by Crippen LogP contribution is -2.38. The molecule has 40 heavy (non-hydrogen) atoms. The normalized spacial score (nSPS) is 18.3. The zero-order valence-corrected chi connectivity index (χ0v) is 23.8. The standard InChI is InChI=1S/C34H33N3O2S/c1-3-39-27-15-11-24(12-16-27)32-29-17-13-23-8-4-5-9-28(23)31(29)35-34-37(32)33(38)30(40-34)21-25-10-14-26(20-22(25)2)36-18-6-7-19-36/h4-5,8-12,14-16,20-21,32H,3,6-7,13,17-19H2,1-2H3/b30-21+/t32-/m1/s1. The van der Waals surface area contributed by atoms with E-state index >= 15 is 0 Å². The molecule has 3 heterocycles. The number of hydrogen-bond acceptors (Lipinski definition) is 5. The van der Waals surface area contributed by atoms with Crippen molar-refractivity contribution >= 4 is 28.8 Å². The Balaban J connectivity index is 1.38. The average Bonchev–Trinajstić information content (AvgIpc) is 3.62. The number of aryl methyl sites for hydroxylation is 2. The predicted octanol–water partition coefficient (Wildman–Crippen LogP) is 5.63. The second-order valence-electron chi connectivity index (χ2n) is 10.9. The maximum Gasteiger partial charge on any atom is 0.271 e.